The summed E-state index contributed by atoms with van der Waals surface area (Å²) >= 11 is 0. The molecule has 0 aliphatic rings. The van der Waals surface area contributed by atoms with Gasteiger partial charge in [0.2, 0.25) is 0 Å². The summed E-state index contributed by atoms with van der Waals surface area (Å²) in [5, 5.41) is 0. The first-order chi connectivity index (χ1) is 8.20. The average molecular weight is 227 g/mol. The Morgan fingerprint density at radius 3 is 2.76 bits per heavy atom. The van der Waals surface area contributed by atoms with Crippen LogP contribution < -0.4 is 5.73 Å². The van der Waals surface area contributed by atoms with Crippen molar-refractivity contribution in [2.75, 3.05) is 0 Å². The summed E-state index contributed by atoms with van der Waals surface area (Å²) in [6, 6.07) is 7.70. The summed E-state index contributed by atoms with van der Waals surface area (Å²) in [7, 11) is 0. The predicted octanol–water partition coefficient (Wildman–Crippen LogP) is 2.99. The van der Waals surface area contributed by atoms with Crippen LogP contribution >= 0.6 is 0 Å². The van der Waals surface area contributed by atoms with E-state index in [0.717, 1.165) is 35.1 Å². The number of nitrogens with two attached hydrogens (primary N) is 1. The van der Waals surface area contributed by atoms with Gasteiger partial charge in [0.25, 0.3) is 0 Å². The Morgan fingerprint density at radius 1 is 1.35 bits per heavy atom. The second-order valence-corrected chi connectivity index (χ2v) is 4.20. The number of para-hydroxylation sites is 2. The molecule has 0 radical (unpaired) electrons. The van der Waals surface area contributed by atoms with Crippen LogP contribution in [0.2, 0.25) is 0 Å². The molecule has 0 saturated heterocycles. The van der Waals surface area contributed by atoms with Crippen molar-refractivity contribution in [3.63, 3.8) is 0 Å². The van der Waals surface area contributed by atoms with Gasteiger partial charge in [-0.1, -0.05) is 31.2 Å². The summed E-state index contributed by atoms with van der Waals surface area (Å²) in [6.45, 7) is 6.06. The van der Waals surface area contributed by atoms with E-state index >= 15 is 0 Å². The number of fused-ring (bicyclic) bond motifs is 1. The van der Waals surface area contributed by atoms with Gasteiger partial charge in [-0.25, -0.2) is 4.98 Å². The highest BCUT2D eigenvalue weighted by atomic mass is 14.8. The van der Waals surface area contributed by atoms with Gasteiger partial charge in [-0.15, -0.1) is 0 Å². The summed E-state index contributed by atoms with van der Waals surface area (Å²) in [5.74, 6) is 0. The zero-order valence-electron chi connectivity index (χ0n) is 10.1. The SMILES string of the molecule is C=C(CC)CC(N)c1cnc2ccccc2n1. The number of nitrogens with zero attached hydrogens (tertiary/aromatic N) is 2. The molecule has 1 aromatic heterocycles. The quantitative estimate of drug-likeness (QED) is 0.817. The fourth-order valence-electron chi connectivity index (χ4n) is 1.71. The van der Waals surface area contributed by atoms with E-state index in [1.165, 1.54) is 0 Å². The molecule has 2 rings (SSSR count). The number of rotatable bonds is 4. The molecule has 0 spiro atoms. The van der Waals surface area contributed by atoms with Crippen LogP contribution in [0, 0.1) is 0 Å². The zero-order chi connectivity index (χ0) is 12.3. The highest BCUT2D eigenvalue weighted by molar-refractivity contribution is 5.73. The molecular weight excluding hydrogens is 210 g/mol. The molecule has 0 aliphatic carbocycles. The summed E-state index contributed by atoms with van der Waals surface area (Å²) in [5.41, 5.74) is 9.87. The monoisotopic (exact) mass is 227 g/mol. The minimum absolute atomic E-state index is 0.112. The molecule has 1 aromatic carbocycles. The van der Waals surface area contributed by atoms with Crippen molar-refractivity contribution in [1.82, 2.24) is 9.97 Å². The molecule has 0 fully saturated rings. The van der Waals surface area contributed by atoms with Crippen molar-refractivity contribution in [1.29, 1.82) is 0 Å². The van der Waals surface area contributed by atoms with E-state index in [1.807, 2.05) is 24.3 Å². The maximum atomic E-state index is 6.10. The normalized spacial score (nSPS) is 12.6. The molecule has 1 heterocycles. The Balaban J connectivity index is 2.26. The second-order valence-electron chi connectivity index (χ2n) is 4.20. The topological polar surface area (TPSA) is 51.8 Å². The van der Waals surface area contributed by atoms with Gasteiger partial charge in [0, 0.05) is 0 Å². The smallest absolute Gasteiger partial charge is 0.0890 e. The molecule has 3 nitrogen and oxygen atoms in total. The molecule has 2 aromatic rings. The largest absolute Gasteiger partial charge is 0.322 e. The van der Waals surface area contributed by atoms with Gasteiger partial charge in [0.05, 0.1) is 29.0 Å². The van der Waals surface area contributed by atoms with Crippen LogP contribution in [0.5, 0.6) is 0 Å². The molecule has 2 N–H and O–H groups in total. The fourth-order valence-corrected chi connectivity index (χ4v) is 1.71. The number of benzene rings is 1. The summed E-state index contributed by atoms with van der Waals surface area (Å²) < 4.78 is 0. The van der Waals surface area contributed by atoms with E-state index in [9.17, 15) is 0 Å². The van der Waals surface area contributed by atoms with Gasteiger partial charge in [-0.2, -0.15) is 0 Å². The molecule has 17 heavy (non-hydrogen) atoms. The van der Waals surface area contributed by atoms with Crippen molar-refractivity contribution < 1.29 is 0 Å². The number of hydrogen-bond acceptors (Lipinski definition) is 3. The van der Waals surface area contributed by atoms with Crippen LogP contribution in [0.15, 0.2) is 42.6 Å². The van der Waals surface area contributed by atoms with Crippen molar-refractivity contribution >= 4 is 11.0 Å². The van der Waals surface area contributed by atoms with Crippen LogP contribution in [0.1, 0.15) is 31.5 Å². The molecule has 0 saturated carbocycles. The van der Waals surface area contributed by atoms with E-state index in [-0.39, 0.29) is 6.04 Å². The Kier molecular flexibility index (Phi) is 3.49. The van der Waals surface area contributed by atoms with Crippen LogP contribution in [0.3, 0.4) is 0 Å². The molecular formula is C14H17N3. The Labute approximate surface area is 101 Å². The van der Waals surface area contributed by atoms with E-state index in [0.29, 0.717) is 0 Å². The Morgan fingerprint density at radius 2 is 2.06 bits per heavy atom. The lowest BCUT2D eigenvalue weighted by Gasteiger charge is -2.12. The third-order valence-corrected chi connectivity index (χ3v) is 2.86. The summed E-state index contributed by atoms with van der Waals surface area (Å²) in [4.78, 5) is 8.90. The first-order valence-electron chi connectivity index (χ1n) is 5.84. The van der Waals surface area contributed by atoms with Crippen LogP contribution in [-0.2, 0) is 0 Å². The fraction of sp³-hybridized carbons (Fsp3) is 0.286. The number of aromatic nitrogens is 2. The first kappa shape index (κ1) is 11.7. The maximum Gasteiger partial charge on any atom is 0.0890 e. The van der Waals surface area contributed by atoms with Crippen molar-refractivity contribution in [2.45, 2.75) is 25.8 Å². The lowest BCUT2D eigenvalue weighted by atomic mass is 10.0. The summed E-state index contributed by atoms with van der Waals surface area (Å²) in [6.07, 6.45) is 3.48. The van der Waals surface area contributed by atoms with E-state index < -0.39 is 0 Å². The second kappa shape index (κ2) is 5.06. The van der Waals surface area contributed by atoms with Crippen LogP contribution in [-0.4, -0.2) is 9.97 Å². The lowest BCUT2D eigenvalue weighted by molar-refractivity contribution is 0.679. The highest BCUT2D eigenvalue weighted by Crippen LogP contribution is 2.19. The number of hydrogen-bond donors (Lipinski definition) is 1. The maximum absolute atomic E-state index is 6.10. The molecule has 1 unspecified atom stereocenters. The average Bonchev–Trinajstić information content (AvgIpc) is 2.38. The van der Waals surface area contributed by atoms with E-state index in [4.69, 9.17) is 5.73 Å². The van der Waals surface area contributed by atoms with Crippen molar-refractivity contribution in [2.24, 2.45) is 5.73 Å². The Hall–Kier alpha value is -1.74. The zero-order valence-corrected chi connectivity index (χ0v) is 10.1. The van der Waals surface area contributed by atoms with Crippen LogP contribution in [0.25, 0.3) is 11.0 Å². The van der Waals surface area contributed by atoms with E-state index in [2.05, 4.69) is 23.5 Å². The van der Waals surface area contributed by atoms with Gasteiger partial charge in [0.15, 0.2) is 0 Å². The van der Waals surface area contributed by atoms with Gasteiger partial charge in [0.1, 0.15) is 0 Å². The van der Waals surface area contributed by atoms with Gasteiger partial charge in [-0.05, 0) is 25.0 Å². The molecule has 1 atom stereocenters. The standard InChI is InChI=1S/C14H17N3/c1-3-10(2)8-11(15)14-9-16-12-6-4-5-7-13(12)17-14/h4-7,9,11H,2-3,8,15H2,1H3. The minimum atomic E-state index is -0.112. The lowest BCUT2D eigenvalue weighted by Crippen LogP contribution is -2.13. The van der Waals surface area contributed by atoms with Gasteiger partial charge in [-0.3, -0.25) is 4.98 Å². The van der Waals surface area contributed by atoms with Crippen LogP contribution in [0.4, 0.5) is 0 Å². The molecule has 0 bridgehead atoms. The van der Waals surface area contributed by atoms with Gasteiger partial charge < -0.3 is 5.73 Å². The van der Waals surface area contributed by atoms with Crippen molar-refractivity contribution in [3.8, 4) is 0 Å². The van der Waals surface area contributed by atoms with Crippen molar-refractivity contribution in [3.05, 3.63) is 48.3 Å². The Bertz CT molecular complexity index is 534. The minimum Gasteiger partial charge on any atom is -0.322 e. The predicted molar refractivity (Wildman–Crippen MR) is 70.5 cm³/mol. The van der Waals surface area contributed by atoms with Gasteiger partial charge >= 0.3 is 0 Å². The molecule has 0 amide bonds. The molecule has 0 aliphatic heterocycles. The third kappa shape index (κ3) is 2.68. The third-order valence-electron chi connectivity index (χ3n) is 2.86. The molecule has 88 valence electrons. The first-order valence-corrected chi connectivity index (χ1v) is 5.84. The molecule has 3 heteroatoms. The highest BCUT2D eigenvalue weighted by Gasteiger charge is 2.09. The van der Waals surface area contributed by atoms with E-state index in [1.54, 1.807) is 6.20 Å².